The molecule has 1 aromatic rings. The van der Waals surface area contributed by atoms with Gasteiger partial charge < -0.3 is 10.6 Å². The molecule has 112 valence electrons. The summed E-state index contributed by atoms with van der Waals surface area (Å²) in [5.41, 5.74) is 1.58. The zero-order valence-corrected chi connectivity index (χ0v) is 12.7. The minimum atomic E-state index is -2.91. The molecule has 0 amide bonds. The summed E-state index contributed by atoms with van der Waals surface area (Å²) in [5.74, 6) is 0.947. The lowest BCUT2D eigenvalue weighted by Crippen LogP contribution is -2.43. The van der Waals surface area contributed by atoms with E-state index in [4.69, 9.17) is 5.26 Å². The maximum absolute atomic E-state index is 11.4. The molecule has 1 heterocycles. The zero-order chi connectivity index (χ0) is 15.3. The monoisotopic (exact) mass is 306 g/mol. The number of hydrogen-bond acceptors (Lipinski definition) is 4. The van der Waals surface area contributed by atoms with Crippen molar-refractivity contribution in [1.82, 2.24) is 10.6 Å². The molecule has 2 N–H and O–H groups in total. The van der Waals surface area contributed by atoms with E-state index in [2.05, 4.69) is 21.7 Å². The second-order valence-corrected chi connectivity index (χ2v) is 7.21. The largest absolute Gasteiger partial charge is 0.353 e. The van der Waals surface area contributed by atoms with Gasteiger partial charge in [0, 0.05) is 19.6 Å². The van der Waals surface area contributed by atoms with Gasteiger partial charge in [-0.2, -0.15) is 5.26 Å². The van der Waals surface area contributed by atoms with Crippen LogP contribution in [0.25, 0.3) is 0 Å². The molecule has 1 unspecified atom stereocenters. The number of nitrogens with zero attached hydrogens (tertiary/aromatic N) is 2. The second-order valence-electron chi connectivity index (χ2n) is 4.98. The van der Waals surface area contributed by atoms with E-state index in [0.717, 1.165) is 5.56 Å². The van der Waals surface area contributed by atoms with Gasteiger partial charge in [-0.05, 0) is 24.1 Å². The van der Waals surface area contributed by atoms with Gasteiger partial charge in [-0.1, -0.05) is 12.1 Å². The molecule has 0 radical (unpaired) electrons. The van der Waals surface area contributed by atoms with Gasteiger partial charge in [0.05, 0.1) is 23.1 Å². The van der Waals surface area contributed by atoms with Crippen LogP contribution >= 0.6 is 0 Å². The zero-order valence-electron chi connectivity index (χ0n) is 11.8. The van der Waals surface area contributed by atoms with Crippen molar-refractivity contribution in [3.05, 3.63) is 35.4 Å². The van der Waals surface area contributed by atoms with Crippen LogP contribution < -0.4 is 10.6 Å². The third kappa shape index (κ3) is 4.46. The van der Waals surface area contributed by atoms with Crippen molar-refractivity contribution >= 4 is 15.8 Å². The van der Waals surface area contributed by atoms with E-state index < -0.39 is 9.84 Å². The summed E-state index contributed by atoms with van der Waals surface area (Å²) < 4.78 is 22.9. The van der Waals surface area contributed by atoms with E-state index >= 15 is 0 Å². The fourth-order valence-electron chi connectivity index (χ4n) is 2.23. The van der Waals surface area contributed by atoms with Gasteiger partial charge in [-0.15, -0.1) is 0 Å². The van der Waals surface area contributed by atoms with Crippen LogP contribution in [-0.4, -0.2) is 39.0 Å². The number of aliphatic imine (C=N–C) groups is 1. The first-order valence-electron chi connectivity index (χ1n) is 6.69. The fourth-order valence-corrected chi connectivity index (χ4v) is 3.91. The standard InChI is InChI=1S/C14H18N4O2S/c1-16-14(18-13-5-6-21(19,20)10-13)17-9-12-4-2-3-11(7-12)8-15/h2-4,7,13H,5-6,9-10H2,1H3,(H2,16,17,18). The number of nitrogens with one attached hydrogen (secondary N) is 2. The minimum absolute atomic E-state index is 0.0911. The van der Waals surface area contributed by atoms with E-state index in [0.29, 0.717) is 24.5 Å². The van der Waals surface area contributed by atoms with Crippen LogP contribution in [-0.2, 0) is 16.4 Å². The Kier molecular flexibility index (Phi) is 4.81. The number of benzene rings is 1. The lowest BCUT2D eigenvalue weighted by molar-refractivity contribution is 0.599. The highest BCUT2D eigenvalue weighted by atomic mass is 32.2. The molecule has 6 nitrogen and oxygen atoms in total. The van der Waals surface area contributed by atoms with Gasteiger partial charge in [-0.25, -0.2) is 8.42 Å². The van der Waals surface area contributed by atoms with Gasteiger partial charge in [-0.3, -0.25) is 4.99 Å². The highest BCUT2D eigenvalue weighted by Gasteiger charge is 2.28. The Bertz CT molecular complexity index is 676. The van der Waals surface area contributed by atoms with Crippen molar-refractivity contribution in [2.75, 3.05) is 18.6 Å². The molecule has 1 fully saturated rings. The van der Waals surface area contributed by atoms with Crippen molar-refractivity contribution in [2.24, 2.45) is 4.99 Å². The molecule has 0 aromatic heterocycles. The third-order valence-electron chi connectivity index (χ3n) is 3.31. The lowest BCUT2D eigenvalue weighted by Gasteiger charge is -2.16. The third-order valence-corrected chi connectivity index (χ3v) is 5.08. The molecule has 0 aliphatic carbocycles. The van der Waals surface area contributed by atoms with Crippen molar-refractivity contribution in [3.63, 3.8) is 0 Å². The van der Waals surface area contributed by atoms with E-state index in [-0.39, 0.29) is 17.5 Å². The van der Waals surface area contributed by atoms with Gasteiger partial charge in [0.1, 0.15) is 0 Å². The fraction of sp³-hybridized carbons (Fsp3) is 0.429. The first kappa shape index (κ1) is 15.3. The van der Waals surface area contributed by atoms with Crippen molar-refractivity contribution < 1.29 is 8.42 Å². The van der Waals surface area contributed by atoms with Crippen molar-refractivity contribution in [1.29, 1.82) is 5.26 Å². The Balaban J connectivity index is 1.90. The molecule has 2 rings (SSSR count). The summed E-state index contributed by atoms with van der Waals surface area (Å²) in [6.45, 7) is 0.522. The van der Waals surface area contributed by atoms with Crippen LogP contribution in [0.5, 0.6) is 0 Å². The number of rotatable bonds is 3. The highest BCUT2D eigenvalue weighted by Crippen LogP contribution is 2.11. The Labute approximate surface area is 124 Å². The molecule has 1 aromatic carbocycles. The summed E-state index contributed by atoms with van der Waals surface area (Å²) in [7, 11) is -1.26. The summed E-state index contributed by atoms with van der Waals surface area (Å²) in [4.78, 5) is 4.09. The SMILES string of the molecule is CN=C(NCc1cccc(C#N)c1)NC1CCS(=O)(=O)C1. The number of hydrogen-bond donors (Lipinski definition) is 2. The highest BCUT2D eigenvalue weighted by molar-refractivity contribution is 7.91. The Morgan fingerprint density at radius 1 is 1.52 bits per heavy atom. The molecular weight excluding hydrogens is 288 g/mol. The van der Waals surface area contributed by atoms with Crippen LogP contribution in [0.1, 0.15) is 17.5 Å². The quantitative estimate of drug-likeness (QED) is 0.623. The number of sulfone groups is 1. The number of nitriles is 1. The molecule has 1 saturated heterocycles. The molecule has 1 aliphatic heterocycles. The summed E-state index contributed by atoms with van der Waals surface area (Å²) in [6, 6.07) is 9.31. The average molecular weight is 306 g/mol. The van der Waals surface area contributed by atoms with E-state index in [1.807, 2.05) is 12.1 Å². The first-order chi connectivity index (χ1) is 10.0. The summed E-state index contributed by atoms with van der Waals surface area (Å²) in [5, 5.41) is 15.1. The molecule has 0 spiro atoms. The molecule has 1 aliphatic rings. The van der Waals surface area contributed by atoms with Crippen molar-refractivity contribution in [3.8, 4) is 6.07 Å². The predicted octanol–water partition coefficient (Wildman–Crippen LogP) is 0.410. The Morgan fingerprint density at radius 3 is 2.95 bits per heavy atom. The van der Waals surface area contributed by atoms with Gasteiger partial charge >= 0.3 is 0 Å². The Hall–Kier alpha value is -2.07. The van der Waals surface area contributed by atoms with Gasteiger partial charge in [0.15, 0.2) is 15.8 Å². The van der Waals surface area contributed by atoms with Crippen LogP contribution in [0.2, 0.25) is 0 Å². The smallest absolute Gasteiger partial charge is 0.191 e. The lowest BCUT2D eigenvalue weighted by atomic mass is 10.1. The van der Waals surface area contributed by atoms with Crippen LogP contribution in [0.15, 0.2) is 29.3 Å². The molecule has 0 saturated carbocycles. The maximum atomic E-state index is 11.4. The second kappa shape index (κ2) is 6.59. The first-order valence-corrected chi connectivity index (χ1v) is 8.51. The van der Waals surface area contributed by atoms with E-state index in [9.17, 15) is 8.42 Å². The molecule has 1 atom stereocenters. The maximum Gasteiger partial charge on any atom is 0.191 e. The van der Waals surface area contributed by atoms with E-state index in [1.165, 1.54) is 0 Å². The predicted molar refractivity (Wildman–Crippen MR) is 81.6 cm³/mol. The summed E-state index contributed by atoms with van der Waals surface area (Å²) >= 11 is 0. The average Bonchev–Trinajstić information content (AvgIpc) is 2.82. The summed E-state index contributed by atoms with van der Waals surface area (Å²) in [6.07, 6.45) is 0.604. The molecule has 0 bridgehead atoms. The molecule has 21 heavy (non-hydrogen) atoms. The van der Waals surface area contributed by atoms with Crippen LogP contribution in [0, 0.1) is 11.3 Å². The van der Waals surface area contributed by atoms with Gasteiger partial charge in [0.2, 0.25) is 0 Å². The molecule has 7 heteroatoms. The minimum Gasteiger partial charge on any atom is -0.353 e. The van der Waals surface area contributed by atoms with Crippen LogP contribution in [0.4, 0.5) is 0 Å². The van der Waals surface area contributed by atoms with Gasteiger partial charge in [0.25, 0.3) is 0 Å². The van der Waals surface area contributed by atoms with Crippen LogP contribution in [0.3, 0.4) is 0 Å². The number of guanidine groups is 1. The van der Waals surface area contributed by atoms with Crippen molar-refractivity contribution in [2.45, 2.75) is 19.0 Å². The van der Waals surface area contributed by atoms with E-state index in [1.54, 1.807) is 19.2 Å². The molecular formula is C14H18N4O2S. The Morgan fingerprint density at radius 2 is 2.33 bits per heavy atom. The normalized spacial score (nSPS) is 20.8. The topological polar surface area (TPSA) is 94.3 Å².